The summed E-state index contributed by atoms with van der Waals surface area (Å²) in [4.78, 5) is 0. The van der Waals surface area contributed by atoms with Crippen LogP contribution in [0.15, 0.2) is 0 Å². The molecule has 0 spiro atoms. The van der Waals surface area contributed by atoms with Crippen LogP contribution in [0.3, 0.4) is 0 Å². The zero-order chi connectivity index (χ0) is 36.2. The molecule has 20 atom stereocenters. The molecular weight excluding hydrogens is 670 g/mol. The monoisotopic (exact) mass is 721 g/mol. The molecule has 288 valence electrons. The minimum Gasteiger partial charge on any atom is -0.394 e. The maximum Gasteiger partial charge on any atom is 0.187 e. The van der Waals surface area contributed by atoms with Gasteiger partial charge < -0.3 is 105 Å². The average molecular weight is 722 g/mol. The SMILES string of the molecule is CCCCO[C@@H]1OC(CO)[C@@H](O[C@@H]2OC(CO)[C@H](O)C(O[C@@H]3OC(CO)[C@@H](O[C@@H]4OC(CO)[C@H](O)C(O)[C@@H]4O)C(O)[C@@H]3N)[C@@H]2O)C(O)[C@@H]1O. The maximum atomic E-state index is 11.2. The molecule has 8 unspecified atom stereocenters. The summed E-state index contributed by atoms with van der Waals surface area (Å²) in [7, 11) is 0. The molecule has 0 radical (unpaired) electrons. The Morgan fingerprint density at radius 3 is 1.47 bits per heavy atom. The van der Waals surface area contributed by atoms with Crippen molar-refractivity contribution in [2.24, 2.45) is 5.73 Å². The van der Waals surface area contributed by atoms with Crippen LogP contribution in [-0.4, -0.2) is 217 Å². The molecule has 0 aromatic rings. The van der Waals surface area contributed by atoms with Crippen LogP contribution < -0.4 is 5.73 Å². The maximum absolute atomic E-state index is 11.2. The highest BCUT2D eigenvalue weighted by molar-refractivity contribution is 4.98. The molecule has 0 saturated carbocycles. The highest BCUT2D eigenvalue weighted by Gasteiger charge is 2.55. The van der Waals surface area contributed by atoms with Crippen molar-refractivity contribution in [3.05, 3.63) is 0 Å². The van der Waals surface area contributed by atoms with E-state index < -0.39 is 149 Å². The van der Waals surface area contributed by atoms with Crippen LogP contribution in [0, 0.1) is 0 Å². The molecule has 49 heavy (non-hydrogen) atoms. The van der Waals surface area contributed by atoms with Gasteiger partial charge in [-0.3, -0.25) is 0 Å². The number of ether oxygens (including phenoxy) is 8. The van der Waals surface area contributed by atoms with Crippen LogP contribution in [0.4, 0.5) is 0 Å². The fourth-order valence-electron chi connectivity index (χ4n) is 6.05. The summed E-state index contributed by atoms with van der Waals surface area (Å²) in [5, 5.41) is 124. The minimum absolute atomic E-state index is 0.200. The van der Waals surface area contributed by atoms with Gasteiger partial charge in [0.2, 0.25) is 0 Å². The van der Waals surface area contributed by atoms with Gasteiger partial charge in [-0.05, 0) is 6.42 Å². The van der Waals surface area contributed by atoms with Crippen molar-refractivity contribution in [2.75, 3.05) is 33.0 Å². The number of aliphatic hydroxyl groups is 12. The second-order valence-electron chi connectivity index (χ2n) is 12.4. The summed E-state index contributed by atoms with van der Waals surface area (Å²) in [6, 6.07) is -1.54. The molecule has 0 amide bonds. The largest absolute Gasteiger partial charge is 0.394 e. The van der Waals surface area contributed by atoms with Crippen LogP contribution >= 0.6 is 0 Å². The van der Waals surface area contributed by atoms with Gasteiger partial charge >= 0.3 is 0 Å². The highest BCUT2D eigenvalue weighted by Crippen LogP contribution is 2.34. The number of hydrogen-bond donors (Lipinski definition) is 13. The summed E-state index contributed by atoms with van der Waals surface area (Å²) < 4.78 is 44.7. The molecule has 21 heteroatoms. The first-order valence-electron chi connectivity index (χ1n) is 16.2. The highest BCUT2D eigenvalue weighted by atomic mass is 16.8. The van der Waals surface area contributed by atoms with E-state index in [9.17, 15) is 61.3 Å². The molecular formula is C28H51NO20. The third-order valence-electron chi connectivity index (χ3n) is 9.05. The van der Waals surface area contributed by atoms with Crippen molar-refractivity contribution in [3.8, 4) is 0 Å². The van der Waals surface area contributed by atoms with Crippen LogP contribution in [0.25, 0.3) is 0 Å². The topological polar surface area (TPSA) is 343 Å². The Kier molecular flexibility index (Phi) is 15.3. The number of unbranched alkanes of at least 4 members (excludes halogenated alkanes) is 1. The van der Waals surface area contributed by atoms with Crippen molar-refractivity contribution in [1.29, 1.82) is 0 Å². The van der Waals surface area contributed by atoms with E-state index in [-0.39, 0.29) is 6.61 Å². The Bertz CT molecular complexity index is 982. The Morgan fingerprint density at radius 1 is 0.469 bits per heavy atom. The van der Waals surface area contributed by atoms with Gasteiger partial charge in [-0.2, -0.15) is 0 Å². The molecule has 0 bridgehead atoms. The molecule has 4 aliphatic rings. The van der Waals surface area contributed by atoms with Gasteiger partial charge in [0.1, 0.15) is 91.6 Å². The van der Waals surface area contributed by atoms with Crippen molar-refractivity contribution < 1.29 is 99.2 Å². The summed E-state index contributed by atoms with van der Waals surface area (Å²) in [5.41, 5.74) is 6.17. The third kappa shape index (κ3) is 8.87. The second-order valence-corrected chi connectivity index (χ2v) is 12.4. The first-order chi connectivity index (χ1) is 23.3. The van der Waals surface area contributed by atoms with Gasteiger partial charge in [-0.15, -0.1) is 0 Å². The molecule has 0 aromatic heterocycles. The predicted octanol–water partition coefficient (Wildman–Crippen LogP) is -7.96. The van der Waals surface area contributed by atoms with E-state index in [0.29, 0.717) is 6.42 Å². The van der Waals surface area contributed by atoms with Crippen molar-refractivity contribution in [1.82, 2.24) is 0 Å². The molecule has 4 aliphatic heterocycles. The van der Waals surface area contributed by atoms with E-state index in [1.165, 1.54) is 0 Å². The number of hydrogen-bond acceptors (Lipinski definition) is 21. The Morgan fingerprint density at radius 2 is 0.918 bits per heavy atom. The third-order valence-corrected chi connectivity index (χ3v) is 9.05. The fourth-order valence-corrected chi connectivity index (χ4v) is 6.05. The number of nitrogens with two attached hydrogens (primary N) is 1. The van der Waals surface area contributed by atoms with Gasteiger partial charge in [0, 0.05) is 6.61 Å². The zero-order valence-electron chi connectivity index (χ0n) is 26.7. The molecule has 4 heterocycles. The average Bonchev–Trinajstić information content (AvgIpc) is 3.09. The summed E-state index contributed by atoms with van der Waals surface area (Å²) in [5.74, 6) is 0. The summed E-state index contributed by atoms with van der Waals surface area (Å²) >= 11 is 0. The Balaban J connectivity index is 1.46. The predicted molar refractivity (Wildman–Crippen MR) is 154 cm³/mol. The second kappa shape index (κ2) is 18.3. The lowest BCUT2D eigenvalue weighted by molar-refractivity contribution is -0.380. The van der Waals surface area contributed by atoms with E-state index in [1.807, 2.05) is 6.92 Å². The zero-order valence-corrected chi connectivity index (χ0v) is 26.7. The lowest BCUT2D eigenvalue weighted by atomic mass is 9.95. The number of rotatable bonds is 14. The smallest absolute Gasteiger partial charge is 0.187 e. The van der Waals surface area contributed by atoms with Gasteiger partial charge in [-0.25, -0.2) is 0 Å². The van der Waals surface area contributed by atoms with Crippen molar-refractivity contribution in [2.45, 2.75) is 143 Å². The molecule has 0 aromatic carbocycles. The summed E-state index contributed by atoms with van der Waals surface area (Å²) in [6.45, 7) is -1.03. The van der Waals surface area contributed by atoms with Crippen LogP contribution in [0.2, 0.25) is 0 Å². The van der Waals surface area contributed by atoms with Gasteiger partial charge in [0.05, 0.1) is 32.5 Å². The van der Waals surface area contributed by atoms with E-state index >= 15 is 0 Å². The summed E-state index contributed by atoms with van der Waals surface area (Å²) in [6.07, 6.45) is -29.6. The lowest BCUT2D eigenvalue weighted by Crippen LogP contribution is -2.69. The van der Waals surface area contributed by atoms with Gasteiger partial charge in [0.25, 0.3) is 0 Å². The fraction of sp³-hybridized carbons (Fsp3) is 1.00. The van der Waals surface area contributed by atoms with Gasteiger partial charge in [-0.1, -0.05) is 13.3 Å². The molecule has 4 rings (SSSR count). The van der Waals surface area contributed by atoms with Crippen LogP contribution in [-0.2, 0) is 37.9 Å². The molecule has 0 aliphatic carbocycles. The molecule has 4 saturated heterocycles. The first kappa shape index (κ1) is 40.9. The first-order valence-corrected chi connectivity index (χ1v) is 16.2. The number of aliphatic hydroxyl groups excluding tert-OH is 12. The normalized spacial score (nSPS) is 49.6. The van der Waals surface area contributed by atoms with Crippen molar-refractivity contribution >= 4 is 0 Å². The van der Waals surface area contributed by atoms with E-state index in [1.54, 1.807) is 0 Å². The van der Waals surface area contributed by atoms with Gasteiger partial charge in [0.15, 0.2) is 25.2 Å². The van der Waals surface area contributed by atoms with Crippen LogP contribution in [0.1, 0.15) is 19.8 Å². The van der Waals surface area contributed by atoms with E-state index in [0.717, 1.165) is 6.42 Å². The minimum atomic E-state index is -1.93. The standard InChI is InChI=1S/C28H51NO20/c1-2-3-4-42-26-20(40)18(38)23(12(8-33)46-26)48-28-21(41)24(15(35)10(6-31)44-28)49-25-13(29)16(36)22(11(7-32)45-25)47-27-19(39)17(37)14(34)9(5-30)43-27/h9-28,30-41H,2-8,29H2,1H3/t9?,10?,11?,12?,13-,14-,15-,16?,17?,18?,19-,20-,21-,22+,23+,24?,25-,26+,27-,28-/m0/s1. The van der Waals surface area contributed by atoms with E-state index in [2.05, 4.69) is 0 Å². The molecule has 21 nitrogen and oxygen atoms in total. The molecule has 4 fully saturated rings. The Hall–Kier alpha value is -0.840. The Labute approximate surface area is 280 Å². The lowest BCUT2D eigenvalue weighted by Gasteiger charge is -2.49. The van der Waals surface area contributed by atoms with Crippen LogP contribution in [0.5, 0.6) is 0 Å². The molecule has 14 N–H and O–H groups in total. The van der Waals surface area contributed by atoms with E-state index in [4.69, 9.17) is 43.6 Å². The quantitative estimate of drug-likeness (QED) is 0.0741. The van der Waals surface area contributed by atoms with Crippen molar-refractivity contribution in [3.63, 3.8) is 0 Å².